The van der Waals surface area contributed by atoms with Gasteiger partial charge in [-0.1, -0.05) is 210 Å². The van der Waals surface area contributed by atoms with Crippen LogP contribution in [0, 0.1) is 0 Å². The van der Waals surface area contributed by atoms with Gasteiger partial charge in [0.15, 0.2) is 0 Å². The van der Waals surface area contributed by atoms with E-state index in [-0.39, 0.29) is 5.41 Å². The van der Waals surface area contributed by atoms with Gasteiger partial charge in [0.05, 0.1) is 0 Å². The molecule has 0 spiro atoms. The van der Waals surface area contributed by atoms with E-state index < -0.39 is 0 Å². The molecule has 0 saturated heterocycles. The molecule has 2 aromatic carbocycles. The first-order chi connectivity index (χ1) is 22.7. The minimum absolute atomic E-state index is 0.0244. The van der Waals surface area contributed by atoms with Gasteiger partial charge < -0.3 is 4.57 Å². The molecule has 1 heterocycles. The monoisotopic (exact) mass is 627 g/mol. The van der Waals surface area contributed by atoms with Crippen molar-refractivity contribution in [1.29, 1.82) is 0 Å². The molecule has 0 bridgehead atoms. The van der Waals surface area contributed by atoms with Gasteiger partial charge in [0.2, 0.25) is 0 Å². The molecular weight excluding hydrogens is 556 g/mol. The molecule has 2 heteroatoms. The summed E-state index contributed by atoms with van der Waals surface area (Å²) >= 11 is 0. The van der Waals surface area contributed by atoms with Gasteiger partial charge in [-0.2, -0.15) is 0 Å². The Morgan fingerprint density at radius 1 is 0.565 bits per heavy atom. The van der Waals surface area contributed by atoms with Crippen LogP contribution < -0.4 is 0 Å². The Morgan fingerprint density at radius 2 is 1.02 bits per heavy atom. The molecule has 2 atom stereocenters. The number of imidazole rings is 1. The predicted octanol–water partition coefficient (Wildman–Crippen LogP) is 13.8. The predicted molar refractivity (Wildman–Crippen MR) is 202 cm³/mol. The van der Waals surface area contributed by atoms with Gasteiger partial charge in [-0.3, -0.25) is 0 Å². The Kier molecular flexibility index (Phi) is 19.8. The molecule has 256 valence electrons. The number of aromatic nitrogens is 2. The Morgan fingerprint density at radius 3 is 1.54 bits per heavy atom. The van der Waals surface area contributed by atoms with Crippen molar-refractivity contribution in [2.75, 3.05) is 0 Å². The average molecular weight is 627 g/mol. The van der Waals surface area contributed by atoms with Gasteiger partial charge in [0.25, 0.3) is 0 Å². The van der Waals surface area contributed by atoms with Crippen LogP contribution in [0.4, 0.5) is 0 Å². The minimum atomic E-state index is -0.0244. The fourth-order valence-corrected chi connectivity index (χ4v) is 7.60. The maximum atomic E-state index is 5.12. The Labute approximate surface area is 285 Å². The van der Waals surface area contributed by atoms with Gasteiger partial charge in [0, 0.05) is 30.3 Å². The van der Waals surface area contributed by atoms with E-state index in [2.05, 4.69) is 98.4 Å². The average Bonchev–Trinajstić information content (AvgIpc) is 3.54. The summed E-state index contributed by atoms with van der Waals surface area (Å²) in [6.45, 7) is 8.21. The lowest BCUT2D eigenvalue weighted by atomic mass is 9.66. The van der Waals surface area contributed by atoms with Gasteiger partial charge >= 0.3 is 0 Å². The van der Waals surface area contributed by atoms with E-state index >= 15 is 0 Å². The first-order valence-corrected chi connectivity index (χ1v) is 19.8. The highest BCUT2D eigenvalue weighted by Crippen LogP contribution is 2.44. The van der Waals surface area contributed by atoms with Crippen LogP contribution in [0.25, 0.3) is 0 Å². The van der Waals surface area contributed by atoms with Crippen LogP contribution in [-0.4, -0.2) is 9.55 Å². The zero-order valence-corrected chi connectivity index (χ0v) is 30.4. The number of benzene rings is 2. The van der Waals surface area contributed by atoms with Crippen molar-refractivity contribution in [3.63, 3.8) is 0 Å². The topological polar surface area (TPSA) is 17.8 Å². The highest BCUT2D eigenvalue weighted by atomic mass is 15.1. The van der Waals surface area contributed by atoms with Crippen LogP contribution in [-0.2, 0) is 18.4 Å². The van der Waals surface area contributed by atoms with Crippen molar-refractivity contribution < 1.29 is 0 Å². The summed E-state index contributed by atoms with van der Waals surface area (Å²) in [5, 5.41) is 0. The number of hydrogen-bond donors (Lipinski definition) is 0. The van der Waals surface area contributed by atoms with Gasteiger partial charge in [-0.15, -0.1) is 0 Å². The normalized spacial score (nSPS) is 13.5. The van der Waals surface area contributed by atoms with Crippen molar-refractivity contribution in [1.82, 2.24) is 9.55 Å². The van der Waals surface area contributed by atoms with Gasteiger partial charge in [0.1, 0.15) is 5.82 Å². The van der Waals surface area contributed by atoms with E-state index in [4.69, 9.17) is 4.98 Å². The fourth-order valence-electron chi connectivity index (χ4n) is 7.60. The first kappa shape index (κ1) is 38.1. The van der Waals surface area contributed by atoms with Crippen LogP contribution in [0.1, 0.15) is 185 Å². The maximum absolute atomic E-state index is 5.12. The smallest absolute Gasteiger partial charge is 0.112 e. The summed E-state index contributed by atoms with van der Waals surface area (Å²) in [7, 11) is 0. The maximum Gasteiger partial charge on any atom is 0.112 e. The second-order valence-corrected chi connectivity index (χ2v) is 14.5. The van der Waals surface area contributed by atoms with E-state index in [9.17, 15) is 0 Å². The molecule has 2 unspecified atom stereocenters. The summed E-state index contributed by atoms with van der Waals surface area (Å²) < 4.78 is 2.51. The standard InChI is InChI=1S/C44H70N2/c1-4-6-8-10-11-12-13-14-15-16-17-18-19-20-21-29-35-42(43-45-36-38-46(43)37-30-22-9-7-5-2)44(3,41-33-27-24-28-34-41)39-40-31-25-23-26-32-40/h23-28,31-34,36,38,42H,4-22,29-30,35,37,39H2,1-3H3. The molecule has 1 aromatic heterocycles. The molecular formula is C44H70N2. The minimum Gasteiger partial charge on any atom is -0.335 e. The van der Waals surface area contributed by atoms with Crippen LogP contribution in [0.15, 0.2) is 73.1 Å². The molecule has 0 aliphatic carbocycles. The summed E-state index contributed by atoms with van der Waals surface area (Å²) in [5.74, 6) is 1.69. The molecule has 46 heavy (non-hydrogen) atoms. The lowest BCUT2D eigenvalue weighted by Crippen LogP contribution is -2.35. The summed E-state index contributed by atoms with van der Waals surface area (Å²) in [4.78, 5) is 5.12. The first-order valence-electron chi connectivity index (χ1n) is 19.8. The third kappa shape index (κ3) is 14.2. The molecule has 0 radical (unpaired) electrons. The Hall–Kier alpha value is -2.35. The lowest BCUT2D eigenvalue weighted by Gasteiger charge is -2.39. The zero-order chi connectivity index (χ0) is 32.5. The molecule has 0 aliphatic heterocycles. The van der Waals surface area contributed by atoms with E-state index in [1.54, 1.807) is 0 Å². The number of nitrogens with zero attached hydrogens (tertiary/aromatic N) is 2. The highest BCUT2D eigenvalue weighted by Gasteiger charge is 2.39. The van der Waals surface area contributed by atoms with E-state index in [1.165, 1.54) is 158 Å². The highest BCUT2D eigenvalue weighted by molar-refractivity contribution is 5.33. The number of unbranched alkanes of at least 4 members (excludes halogenated alkanes) is 19. The molecule has 0 N–H and O–H groups in total. The quantitative estimate of drug-likeness (QED) is 0.0733. The van der Waals surface area contributed by atoms with Crippen LogP contribution in [0.3, 0.4) is 0 Å². The van der Waals surface area contributed by atoms with E-state index in [0.717, 1.165) is 13.0 Å². The van der Waals surface area contributed by atoms with E-state index in [1.807, 2.05) is 0 Å². The third-order valence-electron chi connectivity index (χ3n) is 10.5. The van der Waals surface area contributed by atoms with Gasteiger partial charge in [-0.05, 0) is 30.4 Å². The summed E-state index contributed by atoms with van der Waals surface area (Å²) in [5.41, 5.74) is 2.84. The summed E-state index contributed by atoms with van der Waals surface area (Å²) in [6.07, 6.45) is 35.7. The van der Waals surface area contributed by atoms with Crippen molar-refractivity contribution >= 4 is 0 Å². The van der Waals surface area contributed by atoms with Crippen LogP contribution >= 0.6 is 0 Å². The SMILES string of the molecule is CCCCCCCCCCCCCCCCCCC(c1nccn1CCCCCCC)C(C)(Cc1ccccc1)c1ccccc1. The molecule has 0 amide bonds. The number of rotatable bonds is 28. The molecule has 2 nitrogen and oxygen atoms in total. The van der Waals surface area contributed by atoms with Crippen molar-refractivity contribution in [3.05, 3.63) is 90.0 Å². The second-order valence-electron chi connectivity index (χ2n) is 14.5. The second kappa shape index (κ2) is 23.9. The summed E-state index contributed by atoms with van der Waals surface area (Å²) in [6, 6.07) is 22.5. The Bertz CT molecular complexity index is 1100. The van der Waals surface area contributed by atoms with Crippen molar-refractivity contribution in [2.24, 2.45) is 0 Å². The molecule has 0 aliphatic rings. The van der Waals surface area contributed by atoms with Crippen LogP contribution in [0.2, 0.25) is 0 Å². The van der Waals surface area contributed by atoms with Gasteiger partial charge in [-0.25, -0.2) is 4.98 Å². The molecule has 3 aromatic rings. The number of hydrogen-bond acceptors (Lipinski definition) is 1. The van der Waals surface area contributed by atoms with Crippen LogP contribution in [0.5, 0.6) is 0 Å². The van der Waals surface area contributed by atoms with E-state index in [0.29, 0.717) is 5.92 Å². The lowest BCUT2D eigenvalue weighted by molar-refractivity contribution is 0.321. The molecule has 3 rings (SSSR count). The zero-order valence-electron chi connectivity index (χ0n) is 30.4. The largest absolute Gasteiger partial charge is 0.335 e. The molecule has 0 saturated carbocycles. The fraction of sp³-hybridized carbons (Fsp3) is 0.659. The third-order valence-corrected chi connectivity index (χ3v) is 10.5. The Balaban J connectivity index is 1.54. The molecule has 0 fully saturated rings. The number of aryl methyl sites for hydroxylation is 1. The van der Waals surface area contributed by atoms with Crippen molar-refractivity contribution in [2.45, 2.75) is 186 Å². The van der Waals surface area contributed by atoms with Crippen molar-refractivity contribution in [3.8, 4) is 0 Å².